The van der Waals surface area contributed by atoms with E-state index in [1.165, 1.54) is 28.7 Å². The monoisotopic (exact) mass is 404 g/mol. The molecule has 0 saturated heterocycles. The van der Waals surface area contributed by atoms with Gasteiger partial charge < -0.3 is 10.6 Å². The third kappa shape index (κ3) is 5.45. The fourth-order valence-electron chi connectivity index (χ4n) is 2.08. The van der Waals surface area contributed by atoms with E-state index in [1.54, 1.807) is 24.3 Å². The number of benzene rings is 2. The smallest absolute Gasteiger partial charge is 0.237 e. The van der Waals surface area contributed by atoms with E-state index < -0.39 is 0 Å². The Kier molecular flexibility index (Phi) is 6.49. The number of nitrogens with zero attached hydrogens (tertiary/aromatic N) is 2. The maximum absolute atomic E-state index is 12.3. The lowest BCUT2D eigenvalue weighted by molar-refractivity contribution is -0.115. The number of carbonyl (C=O) groups excluding carboxylic acids is 1. The van der Waals surface area contributed by atoms with Crippen LogP contribution in [0.3, 0.4) is 0 Å². The summed E-state index contributed by atoms with van der Waals surface area (Å²) < 4.78 is 0.749. The van der Waals surface area contributed by atoms with Gasteiger partial charge in [-0.15, -0.1) is 10.2 Å². The van der Waals surface area contributed by atoms with Crippen molar-refractivity contribution in [1.82, 2.24) is 10.2 Å². The Morgan fingerprint density at radius 2 is 1.88 bits per heavy atom. The second kappa shape index (κ2) is 9.02. The van der Waals surface area contributed by atoms with Crippen molar-refractivity contribution in [3.63, 3.8) is 0 Å². The highest BCUT2D eigenvalue weighted by atomic mass is 35.5. The number of hydrogen-bond donors (Lipinski definition) is 2. The maximum atomic E-state index is 12.3. The summed E-state index contributed by atoms with van der Waals surface area (Å²) in [6.07, 6.45) is 0. The van der Waals surface area contributed by atoms with Gasteiger partial charge in [-0.25, -0.2) is 0 Å². The van der Waals surface area contributed by atoms with Gasteiger partial charge in [0.15, 0.2) is 4.34 Å². The number of halogens is 1. The van der Waals surface area contributed by atoms with Gasteiger partial charge in [-0.2, -0.15) is 0 Å². The van der Waals surface area contributed by atoms with Gasteiger partial charge in [-0.05, 0) is 36.8 Å². The minimum absolute atomic E-state index is 0.0914. The van der Waals surface area contributed by atoms with E-state index in [-0.39, 0.29) is 11.2 Å². The van der Waals surface area contributed by atoms with Crippen molar-refractivity contribution in [2.24, 2.45) is 0 Å². The van der Waals surface area contributed by atoms with Crippen molar-refractivity contribution >= 4 is 51.4 Å². The van der Waals surface area contributed by atoms with Crippen LogP contribution in [0.1, 0.15) is 12.5 Å². The van der Waals surface area contributed by atoms with Crippen LogP contribution in [-0.2, 0) is 11.3 Å². The lowest BCUT2D eigenvalue weighted by Gasteiger charge is -2.10. The second-order valence-electron chi connectivity index (χ2n) is 5.47. The van der Waals surface area contributed by atoms with E-state index in [4.69, 9.17) is 11.6 Å². The van der Waals surface area contributed by atoms with E-state index in [1.807, 2.05) is 37.3 Å². The number of nitrogens with one attached hydrogen (secondary N) is 2. The van der Waals surface area contributed by atoms with Crippen molar-refractivity contribution in [1.29, 1.82) is 0 Å². The van der Waals surface area contributed by atoms with Crippen LogP contribution in [0.4, 0.5) is 10.8 Å². The number of amides is 1. The van der Waals surface area contributed by atoms with Crippen LogP contribution in [0.25, 0.3) is 0 Å². The van der Waals surface area contributed by atoms with Gasteiger partial charge in [0, 0.05) is 17.3 Å². The molecule has 1 heterocycles. The minimum atomic E-state index is -0.291. The molecule has 3 aromatic rings. The molecule has 0 fully saturated rings. The summed E-state index contributed by atoms with van der Waals surface area (Å²) in [5.74, 6) is -0.0914. The lowest BCUT2D eigenvalue weighted by atomic mass is 10.2. The Balaban J connectivity index is 1.51. The third-order valence-corrected chi connectivity index (χ3v) is 5.77. The molecular formula is C18H17ClN4OS2. The summed E-state index contributed by atoms with van der Waals surface area (Å²) in [5.41, 5.74) is 1.89. The Morgan fingerprint density at radius 1 is 1.15 bits per heavy atom. The van der Waals surface area contributed by atoms with Gasteiger partial charge >= 0.3 is 0 Å². The van der Waals surface area contributed by atoms with Crippen LogP contribution in [0.5, 0.6) is 0 Å². The molecular weight excluding hydrogens is 388 g/mol. The molecule has 1 atom stereocenters. The van der Waals surface area contributed by atoms with E-state index >= 15 is 0 Å². The molecule has 2 aromatic carbocycles. The Hall–Kier alpha value is -2.09. The maximum Gasteiger partial charge on any atom is 0.237 e. The zero-order valence-corrected chi connectivity index (χ0v) is 16.4. The Bertz CT molecular complexity index is 855. The molecule has 5 nitrogen and oxygen atoms in total. The van der Waals surface area contributed by atoms with Gasteiger partial charge in [0.1, 0.15) is 0 Å². The summed E-state index contributed by atoms with van der Waals surface area (Å²) in [7, 11) is 0. The van der Waals surface area contributed by atoms with Crippen LogP contribution < -0.4 is 10.6 Å². The minimum Gasteiger partial charge on any atom is -0.356 e. The molecule has 0 aliphatic rings. The molecule has 26 heavy (non-hydrogen) atoms. The zero-order chi connectivity index (χ0) is 18.4. The van der Waals surface area contributed by atoms with Gasteiger partial charge in [-0.3, -0.25) is 4.79 Å². The van der Waals surface area contributed by atoms with Gasteiger partial charge in [-0.1, -0.05) is 65.0 Å². The predicted octanol–water partition coefficient (Wildman–Crippen LogP) is 4.92. The molecule has 0 saturated carbocycles. The van der Waals surface area contributed by atoms with E-state index in [2.05, 4.69) is 20.8 Å². The number of hydrogen-bond acceptors (Lipinski definition) is 6. The molecule has 3 rings (SSSR count). The van der Waals surface area contributed by atoms with Crippen molar-refractivity contribution in [2.45, 2.75) is 23.1 Å². The fourth-order valence-corrected chi connectivity index (χ4v) is 4.10. The number of rotatable bonds is 7. The van der Waals surface area contributed by atoms with Crippen LogP contribution >= 0.6 is 34.7 Å². The van der Waals surface area contributed by atoms with E-state index in [0.717, 1.165) is 9.47 Å². The summed E-state index contributed by atoms with van der Waals surface area (Å²) in [4.78, 5) is 12.3. The average Bonchev–Trinajstić information content (AvgIpc) is 3.10. The number of aromatic nitrogens is 2. The largest absolute Gasteiger partial charge is 0.356 e. The number of thioether (sulfide) groups is 1. The van der Waals surface area contributed by atoms with Crippen LogP contribution in [0.15, 0.2) is 58.9 Å². The van der Waals surface area contributed by atoms with Crippen molar-refractivity contribution in [2.75, 3.05) is 10.6 Å². The van der Waals surface area contributed by atoms with Gasteiger partial charge in [0.25, 0.3) is 0 Å². The van der Waals surface area contributed by atoms with Crippen LogP contribution in [-0.4, -0.2) is 21.4 Å². The highest BCUT2D eigenvalue weighted by Crippen LogP contribution is 2.29. The molecule has 134 valence electrons. The molecule has 0 bridgehead atoms. The Labute approximate surface area is 165 Å². The van der Waals surface area contributed by atoms with Crippen molar-refractivity contribution < 1.29 is 4.79 Å². The summed E-state index contributed by atoms with van der Waals surface area (Å²) in [6.45, 7) is 2.53. The standard InChI is InChI=1S/C18H17ClN4OS2/c1-12(16(24)21-15-9-7-14(19)8-10-15)25-18-23-22-17(26-18)20-11-13-5-3-2-4-6-13/h2-10,12H,11H2,1H3,(H,20,22)(H,21,24)/t12-/m0/s1. The van der Waals surface area contributed by atoms with Crippen LogP contribution in [0, 0.1) is 0 Å². The molecule has 8 heteroatoms. The third-order valence-electron chi connectivity index (χ3n) is 3.45. The summed E-state index contributed by atoms with van der Waals surface area (Å²) in [6, 6.07) is 17.1. The molecule has 1 amide bonds. The highest BCUT2D eigenvalue weighted by Gasteiger charge is 2.17. The quantitative estimate of drug-likeness (QED) is 0.547. The zero-order valence-electron chi connectivity index (χ0n) is 14.0. The molecule has 0 aliphatic carbocycles. The number of anilines is 2. The van der Waals surface area contributed by atoms with Gasteiger partial charge in [0.05, 0.1) is 5.25 Å². The van der Waals surface area contributed by atoms with Crippen molar-refractivity contribution in [3.05, 3.63) is 65.2 Å². The first kappa shape index (κ1) is 18.7. The predicted molar refractivity (Wildman–Crippen MR) is 109 cm³/mol. The first-order valence-corrected chi connectivity index (χ1v) is 10.0. The lowest BCUT2D eigenvalue weighted by Crippen LogP contribution is -2.22. The SMILES string of the molecule is C[C@H](Sc1nnc(NCc2ccccc2)s1)C(=O)Nc1ccc(Cl)cc1. The normalized spacial score (nSPS) is 11.8. The molecule has 1 aromatic heterocycles. The van der Waals surface area contributed by atoms with E-state index in [9.17, 15) is 4.79 Å². The fraction of sp³-hybridized carbons (Fsp3) is 0.167. The topological polar surface area (TPSA) is 66.9 Å². The number of carbonyl (C=O) groups is 1. The first-order valence-electron chi connectivity index (χ1n) is 7.94. The molecule has 2 N–H and O–H groups in total. The summed E-state index contributed by atoms with van der Waals surface area (Å²) >= 11 is 8.67. The molecule has 0 unspecified atom stereocenters. The highest BCUT2D eigenvalue weighted by molar-refractivity contribution is 8.02. The molecule has 0 aliphatic heterocycles. The first-order chi connectivity index (χ1) is 12.6. The summed E-state index contributed by atoms with van der Waals surface area (Å²) in [5, 5.41) is 15.5. The van der Waals surface area contributed by atoms with Gasteiger partial charge in [0.2, 0.25) is 11.0 Å². The Morgan fingerprint density at radius 3 is 2.62 bits per heavy atom. The second-order valence-corrected chi connectivity index (χ2v) is 8.47. The average molecular weight is 405 g/mol. The van der Waals surface area contributed by atoms with Crippen LogP contribution in [0.2, 0.25) is 5.02 Å². The molecule has 0 spiro atoms. The van der Waals surface area contributed by atoms with E-state index in [0.29, 0.717) is 17.3 Å². The molecule has 0 radical (unpaired) electrons. The van der Waals surface area contributed by atoms with Crippen molar-refractivity contribution in [3.8, 4) is 0 Å².